The zero-order chi connectivity index (χ0) is 15.9. The second-order valence-electron chi connectivity index (χ2n) is 5.76. The number of hydrogen-bond donors (Lipinski definition) is 3. The Bertz CT molecular complexity index is 860. The van der Waals surface area contributed by atoms with Crippen molar-refractivity contribution >= 4 is 17.0 Å². The number of carboxylic acid groups (broad SMARTS) is 1. The number of aromatic carboxylic acids is 1. The molecule has 1 heterocycles. The van der Waals surface area contributed by atoms with E-state index in [0.717, 1.165) is 16.6 Å². The molecule has 0 atom stereocenters. The Labute approximate surface area is 127 Å². The third-order valence-corrected chi connectivity index (χ3v) is 3.66. The molecule has 3 N–H and O–H groups in total. The molecule has 5 nitrogen and oxygen atoms in total. The van der Waals surface area contributed by atoms with E-state index in [1.165, 1.54) is 6.07 Å². The smallest absolute Gasteiger partial charge is 0.335 e. The van der Waals surface area contributed by atoms with Gasteiger partial charge in [-0.25, -0.2) is 9.78 Å². The number of aliphatic hydroxyl groups is 1. The highest BCUT2D eigenvalue weighted by atomic mass is 16.4. The number of carbonyl (C=O) groups is 1. The van der Waals surface area contributed by atoms with Gasteiger partial charge in [0.15, 0.2) is 0 Å². The van der Waals surface area contributed by atoms with Crippen molar-refractivity contribution in [2.45, 2.75) is 19.4 Å². The lowest BCUT2D eigenvalue weighted by atomic mass is 9.88. The number of aromatic nitrogens is 2. The quantitative estimate of drug-likeness (QED) is 0.693. The number of benzene rings is 2. The van der Waals surface area contributed by atoms with Crippen molar-refractivity contribution in [1.29, 1.82) is 0 Å². The van der Waals surface area contributed by atoms with Crippen LogP contribution in [0, 0.1) is 0 Å². The van der Waals surface area contributed by atoms with Crippen LogP contribution in [-0.4, -0.2) is 26.2 Å². The first-order valence-electron chi connectivity index (χ1n) is 6.90. The van der Waals surface area contributed by atoms with Crippen LogP contribution in [0.3, 0.4) is 0 Å². The molecule has 0 unspecified atom stereocenters. The number of rotatable bonds is 3. The van der Waals surface area contributed by atoms with E-state index in [9.17, 15) is 15.0 Å². The minimum absolute atomic E-state index is 0.188. The van der Waals surface area contributed by atoms with Gasteiger partial charge in [-0.2, -0.15) is 0 Å². The summed E-state index contributed by atoms with van der Waals surface area (Å²) >= 11 is 0. The number of aromatic amines is 1. The monoisotopic (exact) mass is 296 g/mol. The second kappa shape index (κ2) is 4.96. The molecule has 2 aromatic carbocycles. The highest BCUT2D eigenvalue weighted by Gasteiger charge is 2.22. The Hall–Kier alpha value is -2.66. The lowest BCUT2D eigenvalue weighted by Gasteiger charge is -2.22. The van der Waals surface area contributed by atoms with Gasteiger partial charge in [-0.05, 0) is 54.8 Å². The van der Waals surface area contributed by atoms with Crippen LogP contribution in [0.25, 0.3) is 22.2 Å². The molecule has 0 fully saturated rings. The average molecular weight is 296 g/mol. The summed E-state index contributed by atoms with van der Waals surface area (Å²) in [5.74, 6) is -0.994. The van der Waals surface area contributed by atoms with E-state index in [4.69, 9.17) is 0 Å². The Morgan fingerprint density at radius 3 is 2.64 bits per heavy atom. The molecule has 0 aliphatic rings. The third-order valence-electron chi connectivity index (χ3n) is 3.66. The van der Waals surface area contributed by atoms with Gasteiger partial charge < -0.3 is 15.2 Å². The minimum atomic E-state index is -1.07. The van der Waals surface area contributed by atoms with E-state index < -0.39 is 11.6 Å². The Kier molecular flexibility index (Phi) is 3.22. The number of hydrogen-bond acceptors (Lipinski definition) is 3. The van der Waals surface area contributed by atoms with Crippen molar-refractivity contribution in [1.82, 2.24) is 9.97 Å². The number of fused-ring (bicyclic) bond motifs is 1. The maximum Gasteiger partial charge on any atom is 0.335 e. The normalized spacial score (nSPS) is 11.8. The highest BCUT2D eigenvalue weighted by Crippen LogP contribution is 2.33. The predicted molar refractivity (Wildman–Crippen MR) is 83.7 cm³/mol. The molecule has 0 aliphatic heterocycles. The molecule has 0 amide bonds. The predicted octanol–water partition coefficient (Wildman–Crippen LogP) is 3.16. The van der Waals surface area contributed by atoms with E-state index in [1.807, 2.05) is 18.2 Å². The second-order valence-corrected chi connectivity index (χ2v) is 5.76. The molecule has 112 valence electrons. The first-order chi connectivity index (χ1) is 10.4. The van der Waals surface area contributed by atoms with Crippen molar-refractivity contribution in [3.63, 3.8) is 0 Å². The third kappa shape index (κ3) is 2.46. The standard InChI is InChI=1S/C17H16N2O3/c1-17(2,22)13-5-3-11(16(20)21)7-12(13)10-4-6-14-15(8-10)19-9-18-14/h3-9,22H,1-2H3,(H,18,19)(H,20,21). The topological polar surface area (TPSA) is 86.2 Å². The number of imidazole rings is 1. The van der Waals surface area contributed by atoms with E-state index in [2.05, 4.69) is 9.97 Å². The molecule has 0 saturated carbocycles. The molecule has 0 saturated heterocycles. The SMILES string of the molecule is CC(C)(O)c1ccc(C(=O)O)cc1-c1ccc2nc[nH]c2c1. The Balaban J connectivity index is 2.25. The molecule has 3 rings (SSSR count). The molecule has 0 radical (unpaired) electrons. The number of carboxylic acids is 1. The molecular formula is C17H16N2O3. The van der Waals surface area contributed by atoms with Crippen molar-refractivity contribution in [3.05, 3.63) is 53.9 Å². The summed E-state index contributed by atoms with van der Waals surface area (Å²) in [6, 6.07) is 10.4. The lowest BCUT2D eigenvalue weighted by molar-refractivity contribution is 0.0692. The molecule has 0 bridgehead atoms. The van der Waals surface area contributed by atoms with Gasteiger partial charge in [0.05, 0.1) is 28.5 Å². The molecule has 5 heteroatoms. The summed E-state index contributed by atoms with van der Waals surface area (Å²) in [4.78, 5) is 18.4. The largest absolute Gasteiger partial charge is 0.478 e. The molecular weight excluding hydrogens is 280 g/mol. The van der Waals surface area contributed by atoms with Crippen LogP contribution in [-0.2, 0) is 5.60 Å². The van der Waals surface area contributed by atoms with Gasteiger partial charge >= 0.3 is 5.97 Å². The van der Waals surface area contributed by atoms with Gasteiger partial charge in [-0.1, -0.05) is 12.1 Å². The van der Waals surface area contributed by atoms with Crippen molar-refractivity contribution in [3.8, 4) is 11.1 Å². The van der Waals surface area contributed by atoms with Crippen LogP contribution < -0.4 is 0 Å². The zero-order valence-corrected chi connectivity index (χ0v) is 12.3. The summed E-state index contributed by atoms with van der Waals surface area (Å²) in [6.07, 6.45) is 1.61. The van der Waals surface area contributed by atoms with E-state index in [0.29, 0.717) is 11.1 Å². The van der Waals surface area contributed by atoms with Gasteiger partial charge in [0.1, 0.15) is 0 Å². The first-order valence-corrected chi connectivity index (χ1v) is 6.90. The van der Waals surface area contributed by atoms with Crippen LogP contribution in [0.5, 0.6) is 0 Å². The summed E-state index contributed by atoms with van der Waals surface area (Å²) in [7, 11) is 0. The van der Waals surface area contributed by atoms with E-state index in [1.54, 1.807) is 32.3 Å². The summed E-state index contributed by atoms with van der Waals surface area (Å²) in [5.41, 5.74) is 3.02. The Morgan fingerprint density at radius 2 is 1.95 bits per heavy atom. The maximum atomic E-state index is 11.2. The number of H-pyrrole nitrogens is 1. The van der Waals surface area contributed by atoms with Crippen LogP contribution in [0.15, 0.2) is 42.7 Å². The maximum absolute atomic E-state index is 11.2. The summed E-state index contributed by atoms with van der Waals surface area (Å²) < 4.78 is 0. The number of nitrogens with one attached hydrogen (secondary N) is 1. The minimum Gasteiger partial charge on any atom is -0.478 e. The van der Waals surface area contributed by atoms with Gasteiger partial charge in [-0.15, -0.1) is 0 Å². The highest BCUT2D eigenvalue weighted by molar-refractivity contribution is 5.91. The molecule has 0 aliphatic carbocycles. The van der Waals surface area contributed by atoms with Crippen molar-refractivity contribution < 1.29 is 15.0 Å². The van der Waals surface area contributed by atoms with Crippen LogP contribution >= 0.6 is 0 Å². The average Bonchev–Trinajstić information content (AvgIpc) is 2.92. The van der Waals surface area contributed by atoms with E-state index >= 15 is 0 Å². The molecule has 3 aromatic rings. The van der Waals surface area contributed by atoms with Crippen LogP contribution in [0.1, 0.15) is 29.8 Å². The fourth-order valence-corrected chi connectivity index (χ4v) is 2.55. The molecule has 1 aromatic heterocycles. The van der Waals surface area contributed by atoms with Crippen molar-refractivity contribution in [2.24, 2.45) is 0 Å². The van der Waals surface area contributed by atoms with Crippen molar-refractivity contribution in [2.75, 3.05) is 0 Å². The first kappa shape index (κ1) is 14.3. The summed E-state index contributed by atoms with van der Waals surface area (Å²) in [6.45, 7) is 3.36. The number of nitrogens with zero attached hydrogens (tertiary/aromatic N) is 1. The zero-order valence-electron chi connectivity index (χ0n) is 12.3. The lowest BCUT2D eigenvalue weighted by Crippen LogP contribution is -2.17. The molecule has 22 heavy (non-hydrogen) atoms. The van der Waals surface area contributed by atoms with Gasteiger partial charge in [0.2, 0.25) is 0 Å². The van der Waals surface area contributed by atoms with Gasteiger partial charge in [0, 0.05) is 0 Å². The fourth-order valence-electron chi connectivity index (χ4n) is 2.55. The van der Waals surface area contributed by atoms with Gasteiger partial charge in [-0.3, -0.25) is 0 Å². The summed E-state index contributed by atoms with van der Waals surface area (Å²) in [5, 5.41) is 19.6. The van der Waals surface area contributed by atoms with Crippen LogP contribution in [0.4, 0.5) is 0 Å². The van der Waals surface area contributed by atoms with E-state index in [-0.39, 0.29) is 5.56 Å². The van der Waals surface area contributed by atoms with Gasteiger partial charge in [0.25, 0.3) is 0 Å². The molecule has 0 spiro atoms. The fraction of sp³-hybridized carbons (Fsp3) is 0.176. The Morgan fingerprint density at radius 1 is 1.18 bits per heavy atom. The van der Waals surface area contributed by atoms with Crippen LogP contribution in [0.2, 0.25) is 0 Å².